The van der Waals surface area contributed by atoms with Crippen molar-refractivity contribution in [1.29, 1.82) is 0 Å². The Bertz CT molecular complexity index is 1130. The average Bonchev–Trinajstić information content (AvgIpc) is 3.36. The lowest BCUT2D eigenvalue weighted by atomic mass is 10.2. The number of alkyl halides is 3. The summed E-state index contributed by atoms with van der Waals surface area (Å²) in [5, 5.41) is 16.6. The molecular formula is C18H13F3N4O6. The maximum Gasteiger partial charge on any atom is 0.434 e. The Morgan fingerprint density at radius 3 is 2.45 bits per heavy atom. The Morgan fingerprint density at radius 1 is 1.23 bits per heavy atom. The van der Waals surface area contributed by atoms with Crippen molar-refractivity contribution in [1.82, 2.24) is 9.78 Å². The van der Waals surface area contributed by atoms with Gasteiger partial charge in [-0.15, -0.1) is 0 Å². The smallest absolute Gasteiger partial charge is 0.434 e. The van der Waals surface area contributed by atoms with Gasteiger partial charge in [0, 0.05) is 5.69 Å². The molecule has 3 aromatic rings. The molecule has 2 aromatic heterocycles. The molecule has 1 N–H and O–H groups in total. The van der Waals surface area contributed by atoms with Gasteiger partial charge in [-0.05, 0) is 37.3 Å². The molecule has 1 amide bonds. The van der Waals surface area contributed by atoms with Gasteiger partial charge in [-0.3, -0.25) is 14.9 Å². The number of anilines is 1. The van der Waals surface area contributed by atoms with Crippen molar-refractivity contribution >= 4 is 23.4 Å². The van der Waals surface area contributed by atoms with Gasteiger partial charge in [0.15, 0.2) is 11.5 Å². The predicted molar refractivity (Wildman–Crippen MR) is 97.8 cm³/mol. The monoisotopic (exact) mass is 438 g/mol. The van der Waals surface area contributed by atoms with E-state index in [9.17, 15) is 32.9 Å². The van der Waals surface area contributed by atoms with Crippen molar-refractivity contribution in [3.63, 3.8) is 0 Å². The van der Waals surface area contributed by atoms with Crippen molar-refractivity contribution in [3.8, 4) is 5.69 Å². The first-order valence-electron chi connectivity index (χ1n) is 8.60. The first-order chi connectivity index (χ1) is 14.6. The fraction of sp³-hybridized carbons (Fsp3) is 0.167. The van der Waals surface area contributed by atoms with Gasteiger partial charge in [0.2, 0.25) is 0 Å². The molecule has 0 aliphatic carbocycles. The molecule has 0 fully saturated rings. The number of amides is 1. The van der Waals surface area contributed by atoms with Gasteiger partial charge in [0.25, 0.3) is 5.91 Å². The van der Waals surface area contributed by atoms with Crippen LogP contribution in [0.15, 0.2) is 47.0 Å². The number of nitrogens with zero attached hydrogens (tertiary/aromatic N) is 3. The highest BCUT2D eigenvalue weighted by Gasteiger charge is 2.41. The third-order valence-corrected chi connectivity index (χ3v) is 3.90. The third kappa shape index (κ3) is 4.55. The Kier molecular flexibility index (Phi) is 5.77. The number of hydrogen-bond donors (Lipinski definition) is 1. The second kappa shape index (κ2) is 8.30. The molecule has 31 heavy (non-hydrogen) atoms. The molecule has 0 saturated carbocycles. The predicted octanol–water partition coefficient (Wildman–Crippen LogP) is 3.82. The number of ether oxygens (including phenoxy) is 1. The van der Waals surface area contributed by atoms with Crippen LogP contribution in [0.25, 0.3) is 5.69 Å². The SMILES string of the molecule is CCOC(=O)c1cnn(-c2ccc(NC(=O)c3ccc([N+](=O)[O-])o3)cc2)c1C(F)(F)F. The van der Waals surface area contributed by atoms with E-state index in [0.717, 1.165) is 18.3 Å². The number of nitrogens with one attached hydrogen (secondary N) is 1. The molecule has 2 heterocycles. The number of nitro groups is 1. The number of aromatic nitrogens is 2. The summed E-state index contributed by atoms with van der Waals surface area (Å²) < 4.78 is 50.6. The van der Waals surface area contributed by atoms with Gasteiger partial charge < -0.3 is 14.5 Å². The lowest BCUT2D eigenvalue weighted by Crippen LogP contribution is -2.18. The molecule has 0 aliphatic rings. The zero-order valence-corrected chi connectivity index (χ0v) is 15.7. The second-order valence-corrected chi connectivity index (χ2v) is 5.93. The molecule has 3 rings (SSSR count). The first kappa shape index (κ1) is 21.5. The van der Waals surface area contributed by atoms with Crippen molar-refractivity contribution in [3.05, 3.63) is 69.7 Å². The zero-order valence-electron chi connectivity index (χ0n) is 15.7. The summed E-state index contributed by atoms with van der Waals surface area (Å²) in [6, 6.07) is 7.16. The van der Waals surface area contributed by atoms with Crippen LogP contribution < -0.4 is 5.32 Å². The van der Waals surface area contributed by atoms with Crippen molar-refractivity contribution in [2.24, 2.45) is 0 Å². The van der Waals surface area contributed by atoms with E-state index in [0.29, 0.717) is 4.68 Å². The van der Waals surface area contributed by atoms with E-state index in [-0.39, 0.29) is 23.7 Å². The Morgan fingerprint density at radius 2 is 1.90 bits per heavy atom. The molecule has 10 nitrogen and oxygen atoms in total. The summed E-state index contributed by atoms with van der Waals surface area (Å²) in [7, 11) is 0. The molecule has 0 unspecified atom stereocenters. The molecule has 1 aromatic carbocycles. The number of carbonyl (C=O) groups excluding carboxylic acids is 2. The highest BCUT2D eigenvalue weighted by Crippen LogP contribution is 2.34. The fourth-order valence-corrected chi connectivity index (χ4v) is 2.60. The molecule has 162 valence electrons. The molecule has 0 spiro atoms. The molecule has 0 aliphatic heterocycles. The van der Waals surface area contributed by atoms with Gasteiger partial charge in [-0.2, -0.15) is 18.3 Å². The van der Waals surface area contributed by atoms with Crippen LogP contribution in [0.1, 0.15) is 33.5 Å². The van der Waals surface area contributed by atoms with E-state index >= 15 is 0 Å². The van der Waals surface area contributed by atoms with Gasteiger partial charge in [-0.25, -0.2) is 9.48 Å². The number of carbonyl (C=O) groups is 2. The first-order valence-corrected chi connectivity index (χ1v) is 8.60. The Labute approximate surface area is 171 Å². The van der Waals surface area contributed by atoms with Crippen LogP contribution in [0.4, 0.5) is 24.7 Å². The van der Waals surface area contributed by atoms with E-state index in [1.54, 1.807) is 0 Å². The fourth-order valence-electron chi connectivity index (χ4n) is 2.60. The summed E-state index contributed by atoms with van der Waals surface area (Å²) in [5.74, 6) is -2.88. The van der Waals surface area contributed by atoms with Crippen LogP contribution in [0.3, 0.4) is 0 Å². The summed E-state index contributed by atoms with van der Waals surface area (Å²) in [6.45, 7) is 1.36. The van der Waals surface area contributed by atoms with Crippen LogP contribution in [0.2, 0.25) is 0 Å². The van der Waals surface area contributed by atoms with Crippen molar-refractivity contribution < 1.29 is 36.8 Å². The summed E-state index contributed by atoms with van der Waals surface area (Å²) in [5.41, 5.74) is -1.88. The number of rotatable bonds is 6. The van der Waals surface area contributed by atoms with Crippen LogP contribution in [-0.4, -0.2) is 33.2 Å². The topological polar surface area (TPSA) is 130 Å². The molecule has 0 bridgehead atoms. The van der Waals surface area contributed by atoms with E-state index in [2.05, 4.69) is 15.2 Å². The number of benzene rings is 1. The minimum Gasteiger partial charge on any atom is -0.462 e. The molecule has 0 saturated heterocycles. The van der Waals surface area contributed by atoms with Crippen LogP contribution in [-0.2, 0) is 10.9 Å². The lowest BCUT2D eigenvalue weighted by Gasteiger charge is -2.13. The second-order valence-electron chi connectivity index (χ2n) is 5.93. The molecular weight excluding hydrogens is 425 g/mol. The number of halogens is 3. The normalized spacial score (nSPS) is 11.2. The van der Waals surface area contributed by atoms with Crippen LogP contribution in [0.5, 0.6) is 0 Å². The summed E-state index contributed by atoms with van der Waals surface area (Å²) in [4.78, 5) is 33.7. The number of esters is 1. The maximum absolute atomic E-state index is 13.5. The largest absolute Gasteiger partial charge is 0.462 e. The molecule has 0 radical (unpaired) electrons. The van der Waals surface area contributed by atoms with Gasteiger partial charge in [0.05, 0.1) is 24.6 Å². The van der Waals surface area contributed by atoms with E-state index in [4.69, 9.17) is 4.42 Å². The Hall–Kier alpha value is -4.16. The Balaban J connectivity index is 1.85. The minimum absolute atomic E-state index is 0.0329. The zero-order chi connectivity index (χ0) is 22.8. The van der Waals surface area contributed by atoms with E-state index < -0.39 is 40.1 Å². The quantitative estimate of drug-likeness (QED) is 0.352. The van der Waals surface area contributed by atoms with Gasteiger partial charge in [0.1, 0.15) is 10.5 Å². The molecule has 0 atom stereocenters. The highest BCUT2D eigenvalue weighted by atomic mass is 19.4. The number of hydrogen-bond acceptors (Lipinski definition) is 7. The number of furan rings is 1. The van der Waals surface area contributed by atoms with Crippen molar-refractivity contribution in [2.45, 2.75) is 13.1 Å². The minimum atomic E-state index is -4.89. The van der Waals surface area contributed by atoms with Crippen LogP contribution in [0, 0.1) is 10.1 Å². The van der Waals surface area contributed by atoms with Crippen molar-refractivity contribution in [2.75, 3.05) is 11.9 Å². The summed E-state index contributed by atoms with van der Waals surface area (Å²) in [6.07, 6.45) is -4.13. The van der Waals surface area contributed by atoms with E-state index in [1.165, 1.54) is 31.2 Å². The van der Waals surface area contributed by atoms with Crippen LogP contribution >= 0.6 is 0 Å². The van der Waals surface area contributed by atoms with Gasteiger partial charge in [-0.1, -0.05) is 0 Å². The third-order valence-electron chi connectivity index (χ3n) is 3.90. The van der Waals surface area contributed by atoms with E-state index in [1.807, 2.05) is 0 Å². The van der Waals surface area contributed by atoms with Gasteiger partial charge >= 0.3 is 18.0 Å². The molecule has 13 heteroatoms. The lowest BCUT2D eigenvalue weighted by molar-refractivity contribution is -0.402. The standard InChI is InChI=1S/C18H13F3N4O6/c1-2-30-17(27)12-9-22-24(15(12)18(19,20)21)11-5-3-10(4-6-11)23-16(26)13-7-8-14(31-13)25(28)29/h3-9H,2H2,1H3,(H,23,26). The average molecular weight is 438 g/mol. The maximum atomic E-state index is 13.5. The highest BCUT2D eigenvalue weighted by molar-refractivity contribution is 6.02. The summed E-state index contributed by atoms with van der Waals surface area (Å²) >= 11 is 0.